The number of likely N-dealkylation sites (N-methyl/N-ethyl adjacent to an activating group) is 1. The van der Waals surface area contributed by atoms with Crippen LogP contribution in [0, 0.1) is 5.82 Å². The Kier molecular flexibility index (Phi) is 5.61. The minimum Gasteiger partial charge on any atom is -0.489 e. The van der Waals surface area contributed by atoms with Crippen LogP contribution >= 0.6 is 0 Å². The Morgan fingerprint density at radius 2 is 2.05 bits per heavy atom. The molecule has 0 radical (unpaired) electrons. The van der Waals surface area contributed by atoms with Crippen LogP contribution < -0.4 is 10.1 Å². The molecule has 106 valence electrons. The van der Waals surface area contributed by atoms with Crippen LogP contribution in [0.2, 0.25) is 0 Å². The molecule has 1 fully saturated rings. The van der Waals surface area contributed by atoms with Crippen LogP contribution in [0.25, 0.3) is 0 Å². The van der Waals surface area contributed by atoms with Crippen molar-refractivity contribution in [3.05, 3.63) is 30.1 Å². The lowest BCUT2D eigenvalue weighted by Gasteiger charge is -2.33. The summed E-state index contributed by atoms with van der Waals surface area (Å²) >= 11 is 0. The highest BCUT2D eigenvalue weighted by Crippen LogP contribution is 2.16. The van der Waals surface area contributed by atoms with Gasteiger partial charge in [-0.1, -0.05) is 19.1 Å². The van der Waals surface area contributed by atoms with E-state index in [1.54, 1.807) is 18.2 Å². The maximum Gasteiger partial charge on any atom is 0.165 e. The topological polar surface area (TPSA) is 24.5 Å². The van der Waals surface area contributed by atoms with Gasteiger partial charge in [0.1, 0.15) is 6.61 Å². The number of nitrogens with one attached hydrogen (secondary N) is 1. The molecule has 0 amide bonds. The van der Waals surface area contributed by atoms with E-state index in [2.05, 4.69) is 17.1 Å². The van der Waals surface area contributed by atoms with E-state index in [1.165, 1.54) is 18.9 Å². The minimum absolute atomic E-state index is 0.285. The number of nitrogens with zero attached hydrogens (tertiary/aromatic N) is 1. The molecule has 1 aromatic carbocycles. The first-order chi connectivity index (χ1) is 9.31. The van der Waals surface area contributed by atoms with Gasteiger partial charge in [-0.3, -0.25) is 4.90 Å². The second-order valence-corrected chi connectivity index (χ2v) is 4.89. The van der Waals surface area contributed by atoms with Gasteiger partial charge < -0.3 is 10.1 Å². The first kappa shape index (κ1) is 14.3. The second kappa shape index (κ2) is 7.46. The molecule has 2 rings (SSSR count). The zero-order valence-corrected chi connectivity index (χ0v) is 11.6. The third-order valence-corrected chi connectivity index (χ3v) is 3.70. The molecule has 3 nitrogen and oxygen atoms in total. The molecular formula is C15H23FN2O. The van der Waals surface area contributed by atoms with E-state index < -0.39 is 0 Å². The van der Waals surface area contributed by atoms with Gasteiger partial charge in [0.15, 0.2) is 11.6 Å². The van der Waals surface area contributed by atoms with Gasteiger partial charge in [0.2, 0.25) is 0 Å². The number of ether oxygens (including phenoxy) is 1. The average molecular weight is 266 g/mol. The number of benzene rings is 1. The van der Waals surface area contributed by atoms with Gasteiger partial charge >= 0.3 is 0 Å². The van der Waals surface area contributed by atoms with Crippen molar-refractivity contribution in [2.75, 3.05) is 32.8 Å². The molecule has 0 aliphatic carbocycles. The lowest BCUT2D eigenvalue weighted by molar-refractivity contribution is 0.140. The van der Waals surface area contributed by atoms with Crippen molar-refractivity contribution < 1.29 is 9.13 Å². The Hall–Kier alpha value is -1.13. The van der Waals surface area contributed by atoms with Crippen LogP contribution in [0.4, 0.5) is 4.39 Å². The summed E-state index contributed by atoms with van der Waals surface area (Å²) in [5, 5.41) is 3.38. The molecule has 1 aliphatic rings. The average Bonchev–Trinajstić information content (AvgIpc) is 2.46. The smallest absolute Gasteiger partial charge is 0.165 e. The largest absolute Gasteiger partial charge is 0.489 e. The van der Waals surface area contributed by atoms with Gasteiger partial charge in [0, 0.05) is 12.6 Å². The van der Waals surface area contributed by atoms with Crippen molar-refractivity contribution in [1.82, 2.24) is 10.2 Å². The fraction of sp³-hybridized carbons (Fsp3) is 0.600. The molecule has 1 aliphatic heterocycles. The predicted octanol–water partition coefficient (Wildman–Crippen LogP) is 2.28. The van der Waals surface area contributed by atoms with E-state index in [-0.39, 0.29) is 5.82 Å². The standard InChI is InChI=1S/C15H23FN2O/c1-2-18(13-7-9-17-10-8-13)11-12-19-15-6-4-3-5-14(15)16/h3-6,13,17H,2,7-12H2,1H3. The first-order valence-corrected chi connectivity index (χ1v) is 7.13. The molecule has 1 N–H and O–H groups in total. The SMILES string of the molecule is CCN(CCOc1ccccc1F)C1CCNCC1. The van der Waals surface area contributed by atoms with Crippen molar-refractivity contribution in [1.29, 1.82) is 0 Å². The van der Waals surface area contributed by atoms with Gasteiger partial charge in [-0.05, 0) is 44.6 Å². The van der Waals surface area contributed by atoms with Gasteiger partial charge in [-0.2, -0.15) is 0 Å². The quantitative estimate of drug-likeness (QED) is 0.855. The van der Waals surface area contributed by atoms with E-state index in [4.69, 9.17) is 4.74 Å². The van der Waals surface area contributed by atoms with Crippen molar-refractivity contribution in [3.63, 3.8) is 0 Å². The zero-order valence-electron chi connectivity index (χ0n) is 11.6. The maximum atomic E-state index is 13.4. The summed E-state index contributed by atoms with van der Waals surface area (Å²) in [6.07, 6.45) is 2.38. The highest BCUT2D eigenvalue weighted by atomic mass is 19.1. The molecule has 0 aromatic heterocycles. The molecule has 1 aromatic rings. The molecule has 0 atom stereocenters. The van der Waals surface area contributed by atoms with Crippen LogP contribution in [0.15, 0.2) is 24.3 Å². The monoisotopic (exact) mass is 266 g/mol. The van der Waals surface area contributed by atoms with Gasteiger partial charge in [-0.25, -0.2) is 4.39 Å². The minimum atomic E-state index is -0.285. The van der Waals surface area contributed by atoms with E-state index in [1.807, 2.05) is 0 Å². The fourth-order valence-electron chi connectivity index (χ4n) is 2.61. The summed E-state index contributed by atoms with van der Waals surface area (Å²) in [6, 6.07) is 7.21. The van der Waals surface area contributed by atoms with Gasteiger partial charge in [-0.15, -0.1) is 0 Å². The van der Waals surface area contributed by atoms with Gasteiger partial charge in [0.25, 0.3) is 0 Å². The molecule has 0 spiro atoms. The summed E-state index contributed by atoms with van der Waals surface area (Å²) in [7, 11) is 0. The Morgan fingerprint density at radius 3 is 2.74 bits per heavy atom. The summed E-state index contributed by atoms with van der Waals surface area (Å²) in [4.78, 5) is 2.43. The zero-order chi connectivity index (χ0) is 13.5. The van der Waals surface area contributed by atoms with Crippen molar-refractivity contribution >= 4 is 0 Å². The third-order valence-electron chi connectivity index (χ3n) is 3.70. The van der Waals surface area contributed by atoms with Crippen LogP contribution in [-0.2, 0) is 0 Å². The number of rotatable bonds is 6. The lowest BCUT2D eigenvalue weighted by Crippen LogP contribution is -2.44. The first-order valence-electron chi connectivity index (χ1n) is 7.13. The van der Waals surface area contributed by atoms with Crippen molar-refractivity contribution in [2.24, 2.45) is 0 Å². The fourth-order valence-corrected chi connectivity index (χ4v) is 2.61. The molecule has 1 heterocycles. The summed E-state index contributed by atoms with van der Waals surface area (Å²) in [6.45, 7) is 6.77. The second-order valence-electron chi connectivity index (χ2n) is 4.89. The number of piperidine rings is 1. The number of hydrogen-bond acceptors (Lipinski definition) is 3. The lowest BCUT2D eigenvalue weighted by atomic mass is 10.1. The predicted molar refractivity (Wildman–Crippen MR) is 75.0 cm³/mol. The normalized spacial score (nSPS) is 16.8. The van der Waals surface area contributed by atoms with E-state index >= 15 is 0 Å². The Morgan fingerprint density at radius 1 is 1.32 bits per heavy atom. The number of para-hydroxylation sites is 1. The third kappa shape index (κ3) is 4.18. The number of halogens is 1. The van der Waals surface area contributed by atoms with Gasteiger partial charge in [0.05, 0.1) is 0 Å². The van der Waals surface area contributed by atoms with Crippen LogP contribution in [-0.4, -0.2) is 43.7 Å². The van der Waals surface area contributed by atoms with E-state index in [9.17, 15) is 4.39 Å². The molecule has 0 unspecified atom stereocenters. The molecule has 1 saturated heterocycles. The Bertz CT molecular complexity index is 380. The Balaban J connectivity index is 1.78. The molecule has 4 heteroatoms. The van der Waals surface area contributed by atoms with E-state index in [0.717, 1.165) is 26.2 Å². The molecule has 0 bridgehead atoms. The van der Waals surface area contributed by atoms with Crippen LogP contribution in [0.1, 0.15) is 19.8 Å². The van der Waals surface area contributed by atoms with Crippen LogP contribution in [0.3, 0.4) is 0 Å². The highest BCUT2D eigenvalue weighted by Gasteiger charge is 2.19. The summed E-state index contributed by atoms with van der Waals surface area (Å²) in [5.74, 6) is 0.0660. The van der Waals surface area contributed by atoms with Crippen molar-refractivity contribution in [2.45, 2.75) is 25.8 Å². The van der Waals surface area contributed by atoms with Crippen molar-refractivity contribution in [3.8, 4) is 5.75 Å². The number of hydrogen-bond donors (Lipinski definition) is 1. The maximum absolute atomic E-state index is 13.4. The summed E-state index contributed by atoms with van der Waals surface area (Å²) < 4.78 is 18.9. The summed E-state index contributed by atoms with van der Waals surface area (Å²) in [5.41, 5.74) is 0. The van der Waals surface area contributed by atoms with E-state index in [0.29, 0.717) is 18.4 Å². The molecular weight excluding hydrogens is 243 g/mol. The Labute approximate surface area is 114 Å². The molecule has 19 heavy (non-hydrogen) atoms. The van der Waals surface area contributed by atoms with Crippen LogP contribution in [0.5, 0.6) is 5.75 Å². The highest BCUT2D eigenvalue weighted by molar-refractivity contribution is 5.23. The molecule has 0 saturated carbocycles.